The topological polar surface area (TPSA) is 32.3 Å². The van der Waals surface area contributed by atoms with Crippen molar-refractivity contribution in [1.82, 2.24) is 10.2 Å². The first-order valence-corrected chi connectivity index (χ1v) is 7.58. The molecule has 1 aromatic carbocycles. The maximum atomic E-state index is 12.0. The number of nitrogens with one attached hydrogen (secondary N) is 1. The van der Waals surface area contributed by atoms with E-state index in [1.165, 1.54) is 16.7 Å². The first-order valence-electron chi connectivity index (χ1n) is 7.58. The molecular formula is C17H26N2O. The number of piperidine rings is 1. The van der Waals surface area contributed by atoms with Crippen molar-refractivity contribution in [1.29, 1.82) is 0 Å². The zero-order chi connectivity index (χ0) is 14.5. The van der Waals surface area contributed by atoms with Gasteiger partial charge >= 0.3 is 0 Å². The molecule has 1 aliphatic rings. The van der Waals surface area contributed by atoms with Gasteiger partial charge in [-0.05, 0) is 64.4 Å². The van der Waals surface area contributed by atoms with Crippen LogP contribution in [0.2, 0.25) is 0 Å². The molecule has 110 valence electrons. The smallest absolute Gasteiger partial charge is 0.220 e. The van der Waals surface area contributed by atoms with Gasteiger partial charge in [0, 0.05) is 12.5 Å². The zero-order valence-electron chi connectivity index (χ0n) is 12.9. The van der Waals surface area contributed by atoms with Gasteiger partial charge in [-0.3, -0.25) is 4.79 Å². The standard InChI is InChI=1S/C17H26N2O/c1-13-4-5-15(14(2)12-13)6-7-17(20)18-16-8-10-19(3)11-9-16/h4-5,12,16H,6-11H2,1-3H3,(H,18,20). The van der Waals surface area contributed by atoms with Crippen LogP contribution >= 0.6 is 0 Å². The summed E-state index contributed by atoms with van der Waals surface area (Å²) in [6, 6.07) is 6.83. The first kappa shape index (κ1) is 15.0. The number of likely N-dealkylation sites (tertiary alicyclic amines) is 1. The van der Waals surface area contributed by atoms with Crippen LogP contribution in [0.25, 0.3) is 0 Å². The highest BCUT2D eigenvalue weighted by Crippen LogP contribution is 2.13. The third-order valence-electron chi connectivity index (χ3n) is 4.20. The summed E-state index contributed by atoms with van der Waals surface area (Å²) in [7, 11) is 2.14. The molecule has 0 unspecified atom stereocenters. The van der Waals surface area contributed by atoms with Crippen molar-refractivity contribution in [2.75, 3.05) is 20.1 Å². The normalized spacial score (nSPS) is 17.1. The second-order valence-electron chi connectivity index (χ2n) is 6.08. The van der Waals surface area contributed by atoms with Crippen LogP contribution < -0.4 is 5.32 Å². The van der Waals surface area contributed by atoms with Crippen molar-refractivity contribution in [3.05, 3.63) is 34.9 Å². The molecule has 1 N–H and O–H groups in total. The van der Waals surface area contributed by atoms with Crippen LogP contribution in [0.3, 0.4) is 0 Å². The van der Waals surface area contributed by atoms with E-state index in [2.05, 4.69) is 49.3 Å². The molecule has 0 radical (unpaired) electrons. The molecule has 3 heteroatoms. The van der Waals surface area contributed by atoms with Gasteiger partial charge in [-0.2, -0.15) is 0 Å². The lowest BCUT2D eigenvalue weighted by Crippen LogP contribution is -2.43. The molecule has 0 bridgehead atoms. The van der Waals surface area contributed by atoms with Crippen molar-refractivity contribution >= 4 is 5.91 Å². The quantitative estimate of drug-likeness (QED) is 0.914. The Hall–Kier alpha value is -1.35. The zero-order valence-corrected chi connectivity index (χ0v) is 12.9. The first-order chi connectivity index (χ1) is 9.54. The fourth-order valence-electron chi connectivity index (χ4n) is 2.83. The number of aryl methyl sites for hydroxylation is 3. The number of nitrogens with zero attached hydrogens (tertiary/aromatic N) is 1. The number of amides is 1. The fraction of sp³-hybridized carbons (Fsp3) is 0.588. The fourth-order valence-corrected chi connectivity index (χ4v) is 2.83. The molecule has 1 aromatic rings. The maximum Gasteiger partial charge on any atom is 0.220 e. The predicted octanol–water partition coefficient (Wildman–Crippen LogP) is 2.45. The number of hydrogen-bond donors (Lipinski definition) is 1. The molecule has 1 amide bonds. The third-order valence-corrected chi connectivity index (χ3v) is 4.20. The van der Waals surface area contributed by atoms with E-state index < -0.39 is 0 Å². The molecule has 20 heavy (non-hydrogen) atoms. The second kappa shape index (κ2) is 6.89. The van der Waals surface area contributed by atoms with E-state index in [-0.39, 0.29) is 5.91 Å². The lowest BCUT2D eigenvalue weighted by atomic mass is 10.0. The Bertz CT molecular complexity index is 462. The highest BCUT2D eigenvalue weighted by Gasteiger charge is 2.18. The Morgan fingerprint density at radius 3 is 2.65 bits per heavy atom. The minimum absolute atomic E-state index is 0.194. The van der Waals surface area contributed by atoms with Gasteiger partial charge in [0.15, 0.2) is 0 Å². The Kier molecular flexibility index (Phi) is 5.18. The Balaban J connectivity index is 1.77. The largest absolute Gasteiger partial charge is 0.353 e. The minimum atomic E-state index is 0.194. The average Bonchev–Trinajstić information content (AvgIpc) is 2.40. The van der Waals surface area contributed by atoms with Gasteiger partial charge in [0.2, 0.25) is 5.91 Å². The van der Waals surface area contributed by atoms with E-state index >= 15 is 0 Å². The summed E-state index contributed by atoms with van der Waals surface area (Å²) in [5.41, 5.74) is 3.85. The number of carbonyl (C=O) groups is 1. The third kappa shape index (κ3) is 4.34. The second-order valence-corrected chi connectivity index (χ2v) is 6.08. The summed E-state index contributed by atoms with van der Waals surface area (Å²) >= 11 is 0. The highest BCUT2D eigenvalue weighted by molar-refractivity contribution is 5.76. The molecule has 1 fully saturated rings. The molecule has 1 aliphatic heterocycles. The van der Waals surface area contributed by atoms with Crippen molar-refractivity contribution in [2.24, 2.45) is 0 Å². The van der Waals surface area contributed by atoms with E-state index in [4.69, 9.17) is 0 Å². The van der Waals surface area contributed by atoms with E-state index in [1.54, 1.807) is 0 Å². The lowest BCUT2D eigenvalue weighted by Gasteiger charge is -2.29. The summed E-state index contributed by atoms with van der Waals surface area (Å²) in [4.78, 5) is 14.3. The molecule has 0 saturated carbocycles. The van der Waals surface area contributed by atoms with Gasteiger partial charge in [-0.15, -0.1) is 0 Å². The van der Waals surface area contributed by atoms with Gasteiger partial charge in [0.1, 0.15) is 0 Å². The van der Waals surface area contributed by atoms with Crippen molar-refractivity contribution in [3.63, 3.8) is 0 Å². The average molecular weight is 274 g/mol. The van der Waals surface area contributed by atoms with Gasteiger partial charge in [0.05, 0.1) is 0 Å². The van der Waals surface area contributed by atoms with Crippen LogP contribution in [0.15, 0.2) is 18.2 Å². The van der Waals surface area contributed by atoms with Crippen molar-refractivity contribution in [3.8, 4) is 0 Å². The van der Waals surface area contributed by atoms with E-state index in [0.717, 1.165) is 32.4 Å². The Labute approximate surface area is 122 Å². The minimum Gasteiger partial charge on any atom is -0.353 e. The Morgan fingerprint density at radius 1 is 1.30 bits per heavy atom. The number of rotatable bonds is 4. The van der Waals surface area contributed by atoms with Crippen LogP contribution in [-0.2, 0) is 11.2 Å². The Morgan fingerprint density at radius 2 is 2.00 bits per heavy atom. The van der Waals surface area contributed by atoms with Crippen molar-refractivity contribution in [2.45, 2.75) is 45.6 Å². The SMILES string of the molecule is Cc1ccc(CCC(=O)NC2CCN(C)CC2)c(C)c1. The number of carbonyl (C=O) groups excluding carboxylic acids is 1. The molecule has 1 saturated heterocycles. The van der Waals surface area contributed by atoms with Crippen molar-refractivity contribution < 1.29 is 4.79 Å². The van der Waals surface area contributed by atoms with Crippen LogP contribution in [0.1, 0.15) is 36.0 Å². The molecule has 0 aromatic heterocycles. The molecular weight excluding hydrogens is 248 g/mol. The molecule has 2 rings (SSSR count). The van der Waals surface area contributed by atoms with E-state index in [9.17, 15) is 4.79 Å². The van der Waals surface area contributed by atoms with Gasteiger partial charge in [0.25, 0.3) is 0 Å². The molecule has 0 spiro atoms. The van der Waals surface area contributed by atoms with Crippen LogP contribution in [0, 0.1) is 13.8 Å². The number of benzene rings is 1. The molecule has 0 aliphatic carbocycles. The van der Waals surface area contributed by atoms with Crippen LogP contribution in [-0.4, -0.2) is 37.0 Å². The van der Waals surface area contributed by atoms with Gasteiger partial charge < -0.3 is 10.2 Å². The maximum absolute atomic E-state index is 12.0. The monoisotopic (exact) mass is 274 g/mol. The summed E-state index contributed by atoms with van der Waals surface area (Å²) in [5, 5.41) is 3.17. The summed E-state index contributed by atoms with van der Waals surface area (Å²) < 4.78 is 0. The van der Waals surface area contributed by atoms with Gasteiger partial charge in [-0.25, -0.2) is 0 Å². The van der Waals surface area contributed by atoms with Crippen LogP contribution in [0.5, 0.6) is 0 Å². The summed E-state index contributed by atoms with van der Waals surface area (Å²) in [6.45, 7) is 6.39. The summed E-state index contributed by atoms with van der Waals surface area (Å²) in [6.07, 6.45) is 3.58. The molecule has 1 heterocycles. The predicted molar refractivity (Wildman–Crippen MR) is 82.9 cm³/mol. The number of hydrogen-bond acceptors (Lipinski definition) is 2. The van der Waals surface area contributed by atoms with E-state index in [1.807, 2.05) is 0 Å². The van der Waals surface area contributed by atoms with Gasteiger partial charge in [-0.1, -0.05) is 23.8 Å². The van der Waals surface area contributed by atoms with E-state index in [0.29, 0.717) is 12.5 Å². The lowest BCUT2D eigenvalue weighted by molar-refractivity contribution is -0.122. The molecule has 3 nitrogen and oxygen atoms in total. The molecule has 0 atom stereocenters. The van der Waals surface area contributed by atoms with Crippen LogP contribution in [0.4, 0.5) is 0 Å². The highest BCUT2D eigenvalue weighted by atomic mass is 16.1. The summed E-state index contributed by atoms with van der Waals surface area (Å²) in [5.74, 6) is 0.194.